The molecule has 0 saturated carbocycles. The minimum Gasteiger partial charge on any atom is -0.462 e. The van der Waals surface area contributed by atoms with Crippen molar-refractivity contribution in [2.75, 3.05) is 22.1 Å². The maximum Gasteiger partial charge on any atom is 0.338 e. The molecular weight excluding hydrogens is 518 g/mol. The summed E-state index contributed by atoms with van der Waals surface area (Å²) in [5.74, 6) is -2.10. The van der Waals surface area contributed by atoms with E-state index < -0.39 is 23.7 Å². The van der Waals surface area contributed by atoms with Crippen LogP contribution in [0.5, 0.6) is 0 Å². The predicted molar refractivity (Wildman–Crippen MR) is 151 cm³/mol. The standard InChI is InChI=1S/C30H28ClN3O5/c1-4-5-15-39-30(38)21-11-8-13-23(17-21)33-27(35)20-10-7-12-22(16-20)32-26-25(31)28(36)34(29(26)37)24-14-6-9-18(2)19(24)3/h6-14,16-17,32H,4-5,15H2,1-3H3,(H,33,35). The molecule has 200 valence electrons. The summed E-state index contributed by atoms with van der Waals surface area (Å²) in [5, 5.41) is 5.43. The summed E-state index contributed by atoms with van der Waals surface area (Å²) in [7, 11) is 0. The summed E-state index contributed by atoms with van der Waals surface area (Å²) in [5.41, 5.74) is 3.56. The summed E-state index contributed by atoms with van der Waals surface area (Å²) in [6.07, 6.45) is 1.69. The van der Waals surface area contributed by atoms with E-state index in [0.29, 0.717) is 29.2 Å². The van der Waals surface area contributed by atoms with Crippen LogP contribution in [-0.4, -0.2) is 30.3 Å². The third-order valence-corrected chi connectivity index (χ3v) is 6.68. The van der Waals surface area contributed by atoms with Crippen LogP contribution < -0.4 is 15.5 Å². The molecule has 3 aromatic rings. The third kappa shape index (κ3) is 6.02. The second kappa shape index (κ2) is 12.0. The lowest BCUT2D eigenvalue weighted by Gasteiger charge is -2.18. The van der Waals surface area contributed by atoms with Gasteiger partial charge in [-0.3, -0.25) is 14.4 Å². The summed E-state index contributed by atoms with van der Waals surface area (Å²) in [4.78, 5) is 52.3. The van der Waals surface area contributed by atoms with Crippen molar-refractivity contribution >= 4 is 52.4 Å². The fourth-order valence-electron chi connectivity index (χ4n) is 4.01. The largest absolute Gasteiger partial charge is 0.462 e. The highest BCUT2D eigenvalue weighted by Gasteiger charge is 2.39. The number of benzene rings is 3. The predicted octanol–water partition coefficient (Wildman–Crippen LogP) is 5.95. The monoisotopic (exact) mass is 545 g/mol. The highest BCUT2D eigenvalue weighted by molar-refractivity contribution is 6.53. The van der Waals surface area contributed by atoms with Crippen LogP contribution in [0.25, 0.3) is 0 Å². The highest BCUT2D eigenvalue weighted by atomic mass is 35.5. The zero-order valence-electron chi connectivity index (χ0n) is 21.8. The van der Waals surface area contributed by atoms with Crippen molar-refractivity contribution in [2.45, 2.75) is 33.6 Å². The molecule has 9 heteroatoms. The van der Waals surface area contributed by atoms with E-state index >= 15 is 0 Å². The lowest BCUT2D eigenvalue weighted by molar-refractivity contribution is -0.120. The number of rotatable bonds is 9. The Kier molecular flexibility index (Phi) is 8.46. The van der Waals surface area contributed by atoms with Gasteiger partial charge >= 0.3 is 5.97 Å². The minimum atomic E-state index is -0.625. The topological polar surface area (TPSA) is 105 Å². The van der Waals surface area contributed by atoms with Crippen LogP contribution in [0.3, 0.4) is 0 Å². The van der Waals surface area contributed by atoms with Crippen LogP contribution in [0.4, 0.5) is 17.1 Å². The van der Waals surface area contributed by atoms with E-state index in [9.17, 15) is 19.2 Å². The summed E-state index contributed by atoms with van der Waals surface area (Å²) < 4.78 is 5.24. The van der Waals surface area contributed by atoms with E-state index in [2.05, 4.69) is 10.6 Å². The van der Waals surface area contributed by atoms with E-state index in [1.54, 1.807) is 54.6 Å². The van der Waals surface area contributed by atoms with Crippen molar-refractivity contribution < 1.29 is 23.9 Å². The average molecular weight is 546 g/mol. The molecule has 1 aliphatic heterocycles. The third-order valence-electron chi connectivity index (χ3n) is 6.33. The first-order chi connectivity index (χ1) is 18.7. The molecule has 3 aromatic carbocycles. The van der Waals surface area contributed by atoms with Crippen LogP contribution >= 0.6 is 11.6 Å². The number of halogens is 1. The molecule has 0 aliphatic carbocycles. The van der Waals surface area contributed by atoms with Crippen LogP contribution in [0, 0.1) is 13.8 Å². The SMILES string of the molecule is CCCCOC(=O)c1cccc(NC(=O)c2cccc(NC3=C(Cl)C(=O)N(c4cccc(C)c4C)C3=O)c2)c1. The van der Waals surface area contributed by atoms with Gasteiger partial charge in [0.05, 0.1) is 17.9 Å². The Morgan fingerprint density at radius 3 is 2.31 bits per heavy atom. The van der Waals surface area contributed by atoms with Gasteiger partial charge in [-0.1, -0.05) is 49.2 Å². The number of carbonyl (C=O) groups is 4. The lowest BCUT2D eigenvalue weighted by atomic mass is 10.1. The second-order valence-electron chi connectivity index (χ2n) is 9.08. The Morgan fingerprint density at radius 1 is 0.897 bits per heavy atom. The second-order valence-corrected chi connectivity index (χ2v) is 9.46. The lowest BCUT2D eigenvalue weighted by Crippen LogP contribution is -2.33. The molecule has 0 radical (unpaired) electrons. The highest BCUT2D eigenvalue weighted by Crippen LogP contribution is 2.33. The average Bonchev–Trinajstić information content (AvgIpc) is 3.13. The fraction of sp³-hybridized carbons (Fsp3) is 0.200. The zero-order valence-corrected chi connectivity index (χ0v) is 22.6. The van der Waals surface area contributed by atoms with Crippen LogP contribution in [0.15, 0.2) is 77.5 Å². The molecule has 8 nitrogen and oxygen atoms in total. The van der Waals surface area contributed by atoms with E-state index in [-0.39, 0.29) is 16.3 Å². The van der Waals surface area contributed by atoms with Crippen LogP contribution in [-0.2, 0) is 14.3 Å². The molecular formula is C30H28ClN3O5. The fourth-order valence-corrected chi connectivity index (χ4v) is 4.22. The first-order valence-electron chi connectivity index (χ1n) is 12.5. The Labute approximate surface area is 231 Å². The molecule has 0 fully saturated rings. The van der Waals surface area contributed by atoms with Crippen LogP contribution in [0.2, 0.25) is 0 Å². The Balaban J connectivity index is 1.48. The summed E-state index contributed by atoms with van der Waals surface area (Å²) in [6.45, 7) is 6.07. The summed E-state index contributed by atoms with van der Waals surface area (Å²) >= 11 is 6.29. The van der Waals surface area contributed by atoms with Gasteiger partial charge < -0.3 is 15.4 Å². The number of nitrogens with one attached hydrogen (secondary N) is 2. The Bertz CT molecular complexity index is 1500. The van der Waals surface area contributed by atoms with Crippen molar-refractivity contribution in [1.29, 1.82) is 0 Å². The molecule has 1 heterocycles. The van der Waals surface area contributed by atoms with E-state index in [1.165, 1.54) is 6.07 Å². The van der Waals surface area contributed by atoms with Gasteiger partial charge in [0.25, 0.3) is 17.7 Å². The number of ether oxygens (including phenoxy) is 1. The molecule has 2 N–H and O–H groups in total. The first-order valence-corrected chi connectivity index (χ1v) is 12.9. The maximum absolute atomic E-state index is 13.2. The van der Waals surface area contributed by atoms with Crippen molar-refractivity contribution in [3.63, 3.8) is 0 Å². The van der Waals surface area contributed by atoms with E-state index in [1.807, 2.05) is 26.8 Å². The number of carbonyl (C=O) groups excluding carboxylic acids is 4. The maximum atomic E-state index is 13.2. The zero-order chi connectivity index (χ0) is 28.1. The van der Waals surface area contributed by atoms with Gasteiger partial charge in [-0.25, -0.2) is 9.69 Å². The molecule has 0 bridgehead atoms. The number of hydrogen-bond donors (Lipinski definition) is 2. The van der Waals surface area contributed by atoms with Crippen molar-refractivity contribution in [1.82, 2.24) is 0 Å². The molecule has 0 saturated heterocycles. The van der Waals surface area contributed by atoms with Crippen molar-refractivity contribution in [2.24, 2.45) is 0 Å². The molecule has 0 spiro atoms. The number of anilines is 3. The molecule has 39 heavy (non-hydrogen) atoms. The number of esters is 1. The van der Waals surface area contributed by atoms with Gasteiger partial charge in [-0.05, 0) is 73.9 Å². The van der Waals surface area contributed by atoms with Crippen molar-refractivity contribution in [3.8, 4) is 0 Å². The molecule has 1 aliphatic rings. The number of unbranched alkanes of at least 4 members (excludes halogenated alkanes) is 1. The van der Waals surface area contributed by atoms with Gasteiger partial charge in [0.15, 0.2) is 0 Å². The molecule has 0 aromatic heterocycles. The van der Waals surface area contributed by atoms with E-state index in [0.717, 1.165) is 28.9 Å². The Morgan fingerprint density at radius 2 is 1.56 bits per heavy atom. The van der Waals surface area contributed by atoms with Gasteiger partial charge in [-0.2, -0.15) is 0 Å². The van der Waals surface area contributed by atoms with Crippen molar-refractivity contribution in [3.05, 3.63) is 99.7 Å². The van der Waals surface area contributed by atoms with Gasteiger partial charge in [0, 0.05) is 16.9 Å². The smallest absolute Gasteiger partial charge is 0.338 e. The molecule has 4 rings (SSSR count). The number of imide groups is 1. The quantitative estimate of drug-likeness (QED) is 0.196. The van der Waals surface area contributed by atoms with Gasteiger partial charge in [-0.15, -0.1) is 0 Å². The molecule has 0 unspecified atom stereocenters. The van der Waals surface area contributed by atoms with Gasteiger partial charge in [0.2, 0.25) is 0 Å². The Hall–Kier alpha value is -4.43. The first kappa shape index (κ1) is 27.6. The normalized spacial score (nSPS) is 13.1. The van der Waals surface area contributed by atoms with Crippen LogP contribution in [0.1, 0.15) is 51.6 Å². The number of nitrogens with zero attached hydrogens (tertiary/aromatic N) is 1. The number of aryl methyl sites for hydroxylation is 1. The van der Waals surface area contributed by atoms with Gasteiger partial charge in [0.1, 0.15) is 10.7 Å². The summed E-state index contributed by atoms with van der Waals surface area (Å²) in [6, 6.07) is 18.3. The number of hydrogen-bond acceptors (Lipinski definition) is 6. The minimum absolute atomic E-state index is 0.0746. The van der Waals surface area contributed by atoms with E-state index in [4.69, 9.17) is 16.3 Å². The molecule has 0 atom stereocenters. The number of amides is 3. The molecule has 3 amide bonds.